The van der Waals surface area contributed by atoms with Gasteiger partial charge in [0.1, 0.15) is 12.6 Å². The van der Waals surface area contributed by atoms with Crippen LogP contribution in [0.25, 0.3) is 0 Å². The number of unbranched alkanes of at least 4 members (excludes halogenated alkanes) is 7. The molecule has 0 heterocycles. The molecule has 3 atom stereocenters. The summed E-state index contributed by atoms with van der Waals surface area (Å²) in [5, 5.41) is 8.89. The number of carbonyl (C=O) groups is 3. The first kappa shape index (κ1) is 56.1. The van der Waals surface area contributed by atoms with Crippen molar-refractivity contribution in [2.75, 3.05) is 19.8 Å². The summed E-state index contributed by atoms with van der Waals surface area (Å²) < 4.78 is 32.5. The molecule has 0 aliphatic heterocycles. The van der Waals surface area contributed by atoms with Crippen LogP contribution in [0.5, 0.6) is 0 Å². The summed E-state index contributed by atoms with van der Waals surface area (Å²) in [5.41, 5.74) is 5.32. The molecule has 0 amide bonds. The lowest BCUT2D eigenvalue weighted by molar-refractivity contribution is -0.161. The predicted molar refractivity (Wildman–Crippen MR) is 244 cm³/mol. The van der Waals surface area contributed by atoms with Crippen molar-refractivity contribution >= 4 is 25.7 Å². The Morgan fingerprint density at radius 3 is 1.32 bits per heavy atom. The molecule has 0 bridgehead atoms. The quantitative estimate of drug-likeness (QED) is 0.0232. The molecular formula is C48H76NO10P. The van der Waals surface area contributed by atoms with E-state index in [9.17, 15) is 23.8 Å². The number of nitrogens with two attached hydrogens (primary N) is 1. The molecule has 0 aliphatic rings. The monoisotopic (exact) mass is 858 g/mol. The van der Waals surface area contributed by atoms with E-state index in [4.69, 9.17) is 24.8 Å². The van der Waals surface area contributed by atoms with Crippen molar-refractivity contribution in [3.05, 3.63) is 109 Å². The molecule has 0 saturated carbocycles. The van der Waals surface area contributed by atoms with Crippen molar-refractivity contribution in [3.63, 3.8) is 0 Å². The van der Waals surface area contributed by atoms with Crippen molar-refractivity contribution in [2.24, 2.45) is 5.73 Å². The third-order valence-electron chi connectivity index (χ3n) is 8.51. The Morgan fingerprint density at radius 2 is 0.900 bits per heavy atom. The zero-order valence-electron chi connectivity index (χ0n) is 36.5. The van der Waals surface area contributed by atoms with Crippen LogP contribution in [-0.4, -0.2) is 59.9 Å². The summed E-state index contributed by atoms with van der Waals surface area (Å²) in [4.78, 5) is 45.9. The van der Waals surface area contributed by atoms with E-state index in [1.165, 1.54) is 38.5 Å². The van der Waals surface area contributed by atoms with Gasteiger partial charge in [0.15, 0.2) is 6.10 Å². The molecule has 0 aliphatic carbocycles. The van der Waals surface area contributed by atoms with Crippen LogP contribution in [0, 0.1) is 0 Å². The third-order valence-corrected chi connectivity index (χ3v) is 9.46. The Bertz CT molecular complexity index is 1430. The average Bonchev–Trinajstić information content (AvgIpc) is 3.22. The second-order valence-corrected chi connectivity index (χ2v) is 15.6. The normalized spacial score (nSPS) is 14.7. The lowest BCUT2D eigenvalue weighted by Gasteiger charge is -2.20. The highest BCUT2D eigenvalue weighted by Crippen LogP contribution is 2.43. The minimum Gasteiger partial charge on any atom is -0.480 e. The maximum Gasteiger partial charge on any atom is 0.472 e. The van der Waals surface area contributed by atoms with Crippen LogP contribution in [0.2, 0.25) is 0 Å². The van der Waals surface area contributed by atoms with Gasteiger partial charge in [-0.15, -0.1) is 0 Å². The number of carboxylic acids is 1. The van der Waals surface area contributed by atoms with E-state index in [1.807, 2.05) is 30.4 Å². The van der Waals surface area contributed by atoms with Gasteiger partial charge in [-0.1, -0.05) is 149 Å². The molecule has 0 fully saturated rings. The van der Waals surface area contributed by atoms with Crippen LogP contribution < -0.4 is 5.73 Å². The predicted octanol–water partition coefficient (Wildman–Crippen LogP) is 11.8. The number of ether oxygens (including phenoxy) is 2. The summed E-state index contributed by atoms with van der Waals surface area (Å²) in [6.07, 6.45) is 54.6. The standard InChI is InChI=1S/C48H76NO10P/c1-3-5-7-9-11-13-15-17-19-21-22-24-26-28-30-32-34-36-38-40-47(51)59-44(42-57-60(54,55)58-43-45(49)48(52)53)41-56-46(50)39-37-35-33-31-29-27-25-23-20-18-16-14-12-10-8-6-4-2/h11-14,17-20,22,24-25,27-28,30-31,33-34,36,44-45H,3-10,15-16,21,23,26,29,32,35,37-43,49H2,1-2H3,(H,52,53)(H,54,55)/b13-11+,14-12+,19-17+,20-18+,24-22+,27-25+,30-28+,33-31+,36-34+/t44-,45+/m1/s1. The number of phosphoric ester groups is 1. The fourth-order valence-corrected chi connectivity index (χ4v) is 5.82. The van der Waals surface area contributed by atoms with Crippen LogP contribution in [0.15, 0.2) is 109 Å². The summed E-state index contributed by atoms with van der Waals surface area (Å²) in [5.74, 6) is -2.57. The van der Waals surface area contributed by atoms with Gasteiger partial charge < -0.3 is 25.2 Å². The molecule has 0 rings (SSSR count). The Balaban J connectivity index is 4.61. The number of carboxylic acid groups (broad SMARTS) is 1. The zero-order chi connectivity index (χ0) is 44.2. The molecule has 0 saturated heterocycles. The molecule has 0 spiro atoms. The summed E-state index contributed by atoms with van der Waals surface area (Å²) in [7, 11) is -4.76. The summed E-state index contributed by atoms with van der Waals surface area (Å²) >= 11 is 0. The minimum atomic E-state index is -4.76. The van der Waals surface area contributed by atoms with E-state index < -0.39 is 57.7 Å². The number of allylic oxidation sites excluding steroid dienone is 18. The Labute approximate surface area is 361 Å². The van der Waals surface area contributed by atoms with Crippen molar-refractivity contribution in [3.8, 4) is 0 Å². The van der Waals surface area contributed by atoms with Crippen LogP contribution >= 0.6 is 7.82 Å². The minimum absolute atomic E-state index is 0.0192. The number of hydrogen-bond donors (Lipinski definition) is 3. The van der Waals surface area contributed by atoms with Gasteiger partial charge in [-0.25, -0.2) is 4.57 Å². The molecule has 0 aromatic heterocycles. The molecule has 4 N–H and O–H groups in total. The van der Waals surface area contributed by atoms with Gasteiger partial charge in [-0.3, -0.25) is 23.4 Å². The van der Waals surface area contributed by atoms with Gasteiger partial charge in [0.2, 0.25) is 0 Å². The van der Waals surface area contributed by atoms with Gasteiger partial charge in [-0.2, -0.15) is 0 Å². The Morgan fingerprint density at radius 1 is 0.517 bits per heavy atom. The molecule has 1 unspecified atom stereocenters. The molecule has 0 aromatic rings. The second kappa shape index (κ2) is 41.9. The molecule has 60 heavy (non-hydrogen) atoms. The molecular weight excluding hydrogens is 781 g/mol. The maximum atomic E-state index is 12.6. The van der Waals surface area contributed by atoms with Gasteiger partial charge in [-0.05, 0) is 89.9 Å². The second-order valence-electron chi connectivity index (χ2n) is 14.1. The van der Waals surface area contributed by atoms with E-state index in [-0.39, 0.29) is 12.8 Å². The number of carbonyl (C=O) groups excluding carboxylic acids is 2. The summed E-state index contributed by atoms with van der Waals surface area (Å²) in [6.45, 7) is 2.59. The van der Waals surface area contributed by atoms with Gasteiger partial charge >= 0.3 is 25.7 Å². The average molecular weight is 858 g/mol. The van der Waals surface area contributed by atoms with Crippen molar-refractivity contribution in [1.29, 1.82) is 0 Å². The highest BCUT2D eigenvalue weighted by Gasteiger charge is 2.28. The Kier molecular flexibility index (Phi) is 39.2. The van der Waals surface area contributed by atoms with E-state index in [0.29, 0.717) is 25.7 Å². The number of aliphatic carboxylic acids is 1. The van der Waals surface area contributed by atoms with Crippen LogP contribution in [-0.2, 0) is 37.5 Å². The van der Waals surface area contributed by atoms with Crippen molar-refractivity contribution < 1.29 is 47.5 Å². The van der Waals surface area contributed by atoms with Crippen LogP contribution in [0.1, 0.15) is 142 Å². The SMILES string of the molecule is CCCCC/C=C/C/C=C/C/C=C/C/C=C/C/C=C/CCC(=O)O[C@H](COC(=O)CCC/C=C/C/C=C/C/C=C/C/C=C/CCCCC)COP(=O)(O)OC[C@H](N)C(=O)O. The van der Waals surface area contributed by atoms with Crippen LogP contribution in [0.4, 0.5) is 0 Å². The lowest BCUT2D eigenvalue weighted by atomic mass is 10.2. The first-order valence-corrected chi connectivity index (χ1v) is 23.4. The maximum absolute atomic E-state index is 12.6. The van der Waals surface area contributed by atoms with E-state index in [2.05, 4.69) is 97.4 Å². The fourth-order valence-electron chi connectivity index (χ4n) is 5.04. The summed E-state index contributed by atoms with van der Waals surface area (Å²) in [6, 6.07) is -1.55. The molecule has 0 radical (unpaired) electrons. The van der Waals surface area contributed by atoms with Crippen molar-refractivity contribution in [2.45, 2.75) is 154 Å². The zero-order valence-corrected chi connectivity index (χ0v) is 37.4. The molecule has 0 aromatic carbocycles. The molecule has 338 valence electrons. The highest BCUT2D eigenvalue weighted by molar-refractivity contribution is 7.47. The first-order chi connectivity index (χ1) is 29.1. The largest absolute Gasteiger partial charge is 0.480 e. The van der Waals surface area contributed by atoms with Crippen molar-refractivity contribution in [1.82, 2.24) is 0 Å². The number of phosphoric acid groups is 1. The number of esters is 2. The smallest absolute Gasteiger partial charge is 0.472 e. The van der Waals surface area contributed by atoms with Gasteiger partial charge in [0.05, 0.1) is 13.2 Å². The van der Waals surface area contributed by atoms with E-state index >= 15 is 0 Å². The van der Waals surface area contributed by atoms with Gasteiger partial charge in [0, 0.05) is 12.8 Å². The van der Waals surface area contributed by atoms with Gasteiger partial charge in [0.25, 0.3) is 0 Å². The third kappa shape index (κ3) is 40.9. The fraction of sp³-hybridized carbons (Fsp3) is 0.562. The lowest BCUT2D eigenvalue weighted by Crippen LogP contribution is -2.34. The number of rotatable bonds is 39. The first-order valence-electron chi connectivity index (χ1n) is 21.9. The Hall–Kier alpha value is -3.86. The van der Waals surface area contributed by atoms with E-state index in [0.717, 1.165) is 51.4 Å². The molecule has 11 nitrogen and oxygen atoms in total. The topological polar surface area (TPSA) is 172 Å². The highest BCUT2D eigenvalue weighted by atomic mass is 31.2. The van der Waals surface area contributed by atoms with Crippen LogP contribution in [0.3, 0.4) is 0 Å². The molecule has 12 heteroatoms. The number of hydrogen-bond acceptors (Lipinski definition) is 9. The van der Waals surface area contributed by atoms with E-state index in [1.54, 1.807) is 0 Å².